The van der Waals surface area contributed by atoms with Crippen molar-refractivity contribution in [2.24, 2.45) is 0 Å². The van der Waals surface area contributed by atoms with Gasteiger partial charge >= 0.3 is 0 Å². The fourth-order valence-corrected chi connectivity index (χ4v) is 2.77. The summed E-state index contributed by atoms with van der Waals surface area (Å²) in [5.74, 6) is 1.17. The Labute approximate surface area is 118 Å². The van der Waals surface area contributed by atoms with Crippen LogP contribution in [0.15, 0.2) is 18.3 Å². The normalized spacial score (nSPS) is 18.8. The maximum absolute atomic E-state index is 11.5. The van der Waals surface area contributed by atoms with Crippen molar-refractivity contribution in [2.45, 2.75) is 26.3 Å². The van der Waals surface area contributed by atoms with Crippen LogP contribution in [-0.4, -0.2) is 51.6 Å². The summed E-state index contributed by atoms with van der Waals surface area (Å²) in [5.41, 5.74) is 1.85. The Balaban J connectivity index is 1.89. The van der Waals surface area contributed by atoms with Gasteiger partial charge in [0.1, 0.15) is 5.82 Å². The second kappa shape index (κ2) is 4.77. The fourth-order valence-electron chi connectivity index (χ4n) is 2.77. The lowest BCUT2D eigenvalue weighted by Gasteiger charge is -2.24. The Kier molecular flexibility index (Phi) is 3.08. The number of fused-ring (bicyclic) bond motifs is 1. The quantitative estimate of drug-likeness (QED) is 0.822. The molecule has 0 N–H and O–H groups in total. The minimum absolute atomic E-state index is 0.118. The molecule has 1 amide bonds. The Morgan fingerprint density at radius 1 is 1.50 bits per heavy atom. The van der Waals surface area contributed by atoms with E-state index in [9.17, 15) is 4.79 Å². The molecule has 6 nitrogen and oxygen atoms in total. The van der Waals surface area contributed by atoms with E-state index in [0.717, 1.165) is 36.7 Å². The van der Waals surface area contributed by atoms with Gasteiger partial charge in [0, 0.05) is 44.9 Å². The van der Waals surface area contributed by atoms with Crippen LogP contribution in [0.1, 0.15) is 19.0 Å². The third-order valence-electron chi connectivity index (χ3n) is 4.00. The standard InChI is InChI=1S/C14H19N5O/c1-10-8-14(19-13(16-10)4-6-15-19)18-7-5-12(9-18)17(3)11(2)20/h4,6,8,12H,5,7,9H2,1-3H3. The number of likely N-dealkylation sites (N-methyl/N-ethyl adjacent to an activating group) is 1. The minimum atomic E-state index is 0.118. The van der Waals surface area contributed by atoms with Gasteiger partial charge in [-0.3, -0.25) is 4.79 Å². The molecule has 1 fully saturated rings. The predicted molar refractivity (Wildman–Crippen MR) is 76.8 cm³/mol. The lowest BCUT2D eigenvalue weighted by molar-refractivity contribution is -0.129. The predicted octanol–water partition coefficient (Wildman–Crippen LogP) is 1.09. The number of carbonyl (C=O) groups is 1. The lowest BCUT2D eigenvalue weighted by atomic mass is 10.2. The Bertz CT molecular complexity index is 650. The summed E-state index contributed by atoms with van der Waals surface area (Å²) in [6.45, 7) is 5.38. The summed E-state index contributed by atoms with van der Waals surface area (Å²) >= 11 is 0. The van der Waals surface area contributed by atoms with Gasteiger partial charge in [0.15, 0.2) is 5.65 Å². The summed E-state index contributed by atoms with van der Waals surface area (Å²) in [7, 11) is 1.87. The zero-order chi connectivity index (χ0) is 14.3. The molecule has 20 heavy (non-hydrogen) atoms. The summed E-state index contributed by atoms with van der Waals surface area (Å²) in [6.07, 6.45) is 2.75. The molecule has 0 saturated carbocycles. The molecule has 0 aliphatic carbocycles. The lowest BCUT2D eigenvalue weighted by Crippen LogP contribution is -2.37. The molecule has 6 heteroatoms. The van der Waals surface area contributed by atoms with Crippen LogP contribution in [0.5, 0.6) is 0 Å². The van der Waals surface area contributed by atoms with Crippen molar-refractivity contribution >= 4 is 17.4 Å². The zero-order valence-electron chi connectivity index (χ0n) is 12.1. The SMILES string of the molecule is CC(=O)N(C)C1CCN(c2cc(C)nc3ccnn23)C1. The average molecular weight is 273 g/mol. The van der Waals surface area contributed by atoms with Crippen molar-refractivity contribution in [1.82, 2.24) is 19.5 Å². The highest BCUT2D eigenvalue weighted by molar-refractivity contribution is 5.73. The van der Waals surface area contributed by atoms with Crippen LogP contribution in [0.2, 0.25) is 0 Å². The molecule has 1 aliphatic rings. The van der Waals surface area contributed by atoms with Crippen LogP contribution in [0.25, 0.3) is 5.65 Å². The first-order chi connectivity index (χ1) is 9.56. The molecular formula is C14H19N5O. The number of carbonyl (C=O) groups excluding carboxylic acids is 1. The summed E-state index contributed by atoms with van der Waals surface area (Å²) in [5, 5.41) is 4.34. The molecule has 0 bridgehead atoms. The number of hydrogen-bond donors (Lipinski definition) is 0. The van der Waals surface area contributed by atoms with Crippen LogP contribution >= 0.6 is 0 Å². The van der Waals surface area contributed by atoms with Gasteiger partial charge in [0.05, 0.1) is 12.2 Å². The molecule has 2 aromatic rings. The largest absolute Gasteiger partial charge is 0.354 e. The first-order valence-corrected chi connectivity index (χ1v) is 6.86. The van der Waals surface area contributed by atoms with Crippen LogP contribution in [0.4, 0.5) is 5.82 Å². The highest BCUT2D eigenvalue weighted by Gasteiger charge is 2.28. The van der Waals surface area contributed by atoms with E-state index in [1.165, 1.54) is 0 Å². The first kappa shape index (κ1) is 12.9. The van der Waals surface area contributed by atoms with Gasteiger partial charge in [0.2, 0.25) is 5.91 Å². The van der Waals surface area contributed by atoms with Crippen molar-refractivity contribution < 1.29 is 4.79 Å². The van der Waals surface area contributed by atoms with Gasteiger partial charge in [0.25, 0.3) is 0 Å². The second-order valence-corrected chi connectivity index (χ2v) is 5.38. The molecule has 0 radical (unpaired) electrons. The van der Waals surface area contributed by atoms with Crippen LogP contribution in [0.3, 0.4) is 0 Å². The van der Waals surface area contributed by atoms with Gasteiger partial charge in [-0.15, -0.1) is 0 Å². The van der Waals surface area contributed by atoms with E-state index in [1.54, 1.807) is 13.1 Å². The Morgan fingerprint density at radius 3 is 3.05 bits per heavy atom. The zero-order valence-corrected chi connectivity index (χ0v) is 12.1. The number of aromatic nitrogens is 3. The maximum atomic E-state index is 11.5. The van der Waals surface area contributed by atoms with E-state index in [2.05, 4.69) is 21.0 Å². The van der Waals surface area contributed by atoms with Crippen LogP contribution in [0, 0.1) is 6.92 Å². The van der Waals surface area contributed by atoms with E-state index in [1.807, 2.05) is 29.5 Å². The minimum Gasteiger partial charge on any atom is -0.354 e. The van der Waals surface area contributed by atoms with E-state index < -0.39 is 0 Å². The van der Waals surface area contributed by atoms with Gasteiger partial charge in [-0.25, -0.2) is 4.98 Å². The highest BCUT2D eigenvalue weighted by atomic mass is 16.2. The van der Waals surface area contributed by atoms with Crippen molar-refractivity contribution in [3.8, 4) is 0 Å². The third-order valence-corrected chi connectivity index (χ3v) is 4.00. The van der Waals surface area contributed by atoms with E-state index in [0.29, 0.717) is 0 Å². The molecule has 1 atom stereocenters. The van der Waals surface area contributed by atoms with Crippen molar-refractivity contribution in [2.75, 3.05) is 25.0 Å². The molecule has 1 aliphatic heterocycles. The van der Waals surface area contributed by atoms with Gasteiger partial charge in [-0.1, -0.05) is 0 Å². The smallest absolute Gasteiger partial charge is 0.219 e. The average Bonchev–Trinajstić information content (AvgIpc) is 3.05. The number of amides is 1. The number of hydrogen-bond acceptors (Lipinski definition) is 4. The molecule has 1 unspecified atom stereocenters. The molecule has 1 saturated heterocycles. The second-order valence-electron chi connectivity index (χ2n) is 5.38. The van der Waals surface area contributed by atoms with Gasteiger partial charge in [-0.05, 0) is 13.3 Å². The molecule has 0 aromatic carbocycles. The monoisotopic (exact) mass is 273 g/mol. The van der Waals surface area contributed by atoms with Crippen LogP contribution < -0.4 is 4.90 Å². The molecular weight excluding hydrogens is 254 g/mol. The van der Waals surface area contributed by atoms with Crippen molar-refractivity contribution in [3.05, 3.63) is 24.0 Å². The fraction of sp³-hybridized carbons (Fsp3) is 0.500. The van der Waals surface area contributed by atoms with E-state index in [-0.39, 0.29) is 11.9 Å². The molecule has 3 heterocycles. The number of rotatable bonds is 2. The molecule has 106 valence electrons. The Hall–Kier alpha value is -2.11. The maximum Gasteiger partial charge on any atom is 0.219 e. The number of aryl methyl sites for hydroxylation is 1. The highest BCUT2D eigenvalue weighted by Crippen LogP contribution is 2.23. The summed E-state index contributed by atoms with van der Waals surface area (Å²) in [4.78, 5) is 20.0. The van der Waals surface area contributed by atoms with Crippen molar-refractivity contribution in [1.29, 1.82) is 0 Å². The van der Waals surface area contributed by atoms with Gasteiger partial charge < -0.3 is 9.80 Å². The van der Waals surface area contributed by atoms with Gasteiger partial charge in [-0.2, -0.15) is 9.61 Å². The first-order valence-electron chi connectivity index (χ1n) is 6.86. The van der Waals surface area contributed by atoms with E-state index >= 15 is 0 Å². The van der Waals surface area contributed by atoms with Crippen LogP contribution in [-0.2, 0) is 4.79 Å². The summed E-state index contributed by atoms with van der Waals surface area (Å²) in [6, 6.07) is 4.23. The number of anilines is 1. The Morgan fingerprint density at radius 2 is 2.30 bits per heavy atom. The molecule has 3 rings (SSSR count). The third kappa shape index (κ3) is 2.11. The van der Waals surface area contributed by atoms with Crippen molar-refractivity contribution in [3.63, 3.8) is 0 Å². The topological polar surface area (TPSA) is 53.7 Å². The number of nitrogens with zero attached hydrogens (tertiary/aromatic N) is 5. The molecule has 2 aromatic heterocycles. The molecule has 0 spiro atoms. The summed E-state index contributed by atoms with van der Waals surface area (Å²) < 4.78 is 1.86. The van der Waals surface area contributed by atoms with E-state index in [4.69, 9.17) is 0 Å².